The molecule has 0 unspecified atom stereocenters. The first-order chi connectivity index (χ1) is 23.3. The molecular formula is C46H33N. The Morgan fingerprint density at radius 3 is 1.21 bits per heavy atom. The zero-order valence-electron chi connectivity index (χ0n) is 26.0. The number of para-hydroxylation sites is 1. The van der Waals surface area contributed by atoms with E-state index >= 15 is 0 Å². The second-order valence-electron chi connectivity index (χ2n) is 11.9. The van der Waals surface area contributed by atoms with E-state index in [1.54, 1.807) is 0 Å². The van der Waals surface area contributed by atoms with Crippen LogP contribution in [0.5, 0.6) is 0 Å². The molecule has 0 aliphatic heterocycles. The minimum absolute atomic E-state index is 1.12. The van der Waals surface area contributed by atoms with Crippen molar-refractivity contribution in [3.8, 4) is 44.5 Å². The Balaban J connectivity index is 1.14. The van der Waals surface area contributed by atoms with Crippen molar-refractivity contribution in [1.82, 2.24) is 0 Å². The molecule has 222 valence electrons. The Hall–Kier alpha value is -6.18. The van der Waals surface area contributed by atoms with Crippen LogP contribution in [0.25, 0.3) is 55.3 Å². The predicted octanol–water partition coefficient (Wildman–Crippen LogP) is 13.0. The first-order valence-electron chi connectivity index (χ1n) is 16.1. The van der Waals surface area contributed by atoms with Crippen molar-refractivity contribution in [2.24, 2.45) is 0 Å². The summed E-state index contributed by atoms with van der Waals surface area (Å²) in [7, 11) is 0. The maximum atomic E-state index is 2.33. The van der Waals surface area contributed by atoms with Gasteiger partial charge in [0.15, 0.2) is 0 Å². The van der Waals surface area contributed by atoms with Gasteiger partial charge in [0.05, 0.1) is 0 Å². The van der Waals surface area contributed by atoms with Gasteiger partial charge in [-0.1, -0.05) is 146 Å². The first kappa shape index (κ1) is 28.3. The monoisotopic (exact) mass is 599 g/mol. The summed E-state index contributed by atoms with van der Waals surface area (Å²) in [6.45, 7) is 0. The number of hydrogen-bond donors (Lipinski definition) is 0. The van der Waals surface area contributed by atoms with Gasteiger partial charge in [-0.3, -0.25) is 0 Å². The van der Waals surface area contributed by atoms with Gasteiger partial charge in [-0.2, -0.15) is 0 Å². The average Bonchev–Trinajstić information content (AvgIpc) is 3.16. The molecule has 8 rings (SSSR count). The standard InChI is InChI=1S/C46H33N/c1-4-12-34(13-5-1)36-26-28-45(29-27-36)47(44-19-8-3-9-20-44)46-21-11-18-40(33-46)38-16-10-17-39(30-38)42-25-23-37-22-24-41(31-43(37)32-42)35-14-6-2-7-15-35/h1-33H. The second kappa shape index (κ2) is 12.7. The van der Waals surface area contributed by atoms with E-state index in [0.29, 0.717) is 0 Å². The minimum Gasteiger partial charge on any atom is -0.310 e. The van der Waals surface area contributed by atoms with E-state index in [1.165, 1.54) is 55.3 Å². The fourth-order valence-corrected chi connectivity index (χ4v) is 6.40. The molecule has 0 amide bonds. The molecule has 0 heterocycles. The third kappa shape index (κ3) is 5.95. The van der Waals surface area contributed by atoms with Crippen molar-refractivity contribution in [2.45, 2.75) is 0 Å². The lowest BCUT2D eigenvalue weighted by atomic mass is 9.95. The molecule has 1 nitrogen and oxygen atoms in total. The second-order valence-corrected chi connectivity index (χ2v) is 11.9. The normalized spacial score (nSPS) is 11.0. The van der Waals surface area contributed by atoms with Crippen molar-refractivity contribution < 1.29 is 0 Å². The van der Waals surface area contributed by atoms with Crippen LogP contribution in [0.1, 0.15) is 0 Å². The van der Waals surface area contributed by atoms with Crippen LogP contribution in [-0.4, -0.2) is 0 Å². The number of fused-ring (bicyclic) bond motifs is 1. The van der Waals surface area contributed by atoms with E-state index in [4.69, 9.17) is 0 Å². The minimum atomic E-state index is 1.12. The van der Waals surface area contributed by atoms with Gasteiger partial charge in [0.1, 0.15) is 0 Å². The zero-order chi connectivity index (χ0) is 31.4. The van der Waals surface area contributed by atoms with Crippen LogP contribution < -0.4 is 4.90 Å². The maximum absolute atomic E-state index is 2.33. The molecule has 0 radical (unpaired) electrons. The van der Waals surface area contributed by atoms with Crippen molar-refractivity contribution in [3.05, 3.63) is 200 Å². The third-order valence-electron chi connectivity index (χ3n) is 8.83. The molecule has 0 aliphatic carbocycles. The smallest absolute Gasteiger partial charge is 0.0467 e. The molecule has 0 atom stereocenters. The summed E-state index contributed by atoms with van der Waals surface area (Å²) in [5.41, 5.74) is 13.0. The topological polar surface area (TPSA) is 3.24 Å². The van der Waals surface area contributed by atoms with Gasteiger partial charge in [-0.05, 0) is 110 Å². The van der Waals surface area contributed by atoms with Crippen molar-refractivity contribution in [2.75, 3.05) is 4.90 Å². The third-order valence-corrected chi connectivity index (χ3v) is 8.83. The molecule has 0 saturated carbocycles. The van der Waals surface area contributed by atoms with Crippen LogP contribution in [0.2, 0.25) is 0 Å². The molecule has 0 aromatic heterocycles. The number of nitrogens with zero attached hydrogens (tertiary/aromatic N) is 1. The largest absolute Gasteiger partial charge is 0.310 e. The van der Waals surface area contributed by atoms with Crippen LogP contribution in [0, 0.1) is 0 Å². The van der Waals surface area contributed by atoms with Crippen LogP contribution >= 0.6 is 0 Å². The lowest BCUT2D eigenvalue weighted by molar-refractivity contribution is 1.28. The van der Waals surface area contributed by atoms with Gasteiger partial charge in [-0.15, -0.1) is 0 Å². The number of anilines is 3. The summed E-state index contributed by atoms with van der Waals surface area (Å²) in [5, 5.41) is 2.49. The lowest BCUT2D eigenvalue weighted by Crippen LogP contribution is -2.09. The molecule has 47 heavy (non-hydrogen) atoms. The predicted molar refractivity (Wildman–Crippen MR) is 200 cm³/mol. The Bertz CT molecular complexity index is 2270. The molecule has 0 aliphatic rings. The van der Waals surface area contributed by atoms with Gasteiger partial charge >= 0.3 is 0 Å². The van der Waals surface area contributed by atoms with E-state index in [-0.39, 0.29) is 0 Å². The summed E-state index contributed by atoms with van der Waals surface area (Å²) in [5.74, 6) is 0. The molecule has 0 fully saturated rings. The van der Waals surface area contributed by atoms with E-state index in [0.717, 1.165) is 17.1 Å². The average molecular weight is 600 g/mol. The highest BCUT2D eigenvalue weighted by Gasteiger charge is 2.14. The zero-order valence-corrected chi connectivity index (χ0v) is 26.0. The Morgan fingerprint density at radius 1 is 0.213 bits per heavy atom. The highest BCUT2D eigenvalue weighted by atomic mass is 15.1. The van der Waals surface area contributed by atoms with E-state index in [2.05, 4.69) is 205 Å². The van der Waals surface area contributed by atoms with Crippen molar-refractivity contribution in [3.63, 3.8) is 0 Å². The SMILES string of the molecule is c1ccc(-c2ccc(N(c3ccccc3)c3cccc(-c4cccc(-c5ccc6ccc(-c7ccccc7)cc6c5)c4)c3)cc2)cc1. The highest BCUT2D eigenvalue weighted by Crippen LogP contribution is 2.38. The van der Waals surface area contributed by atoms with Crippen molar-refractivity contribution >= 4 is 27.8 Å². The summed E-state index contributed by atoms with van der Waals surface area (Å²) >= 11 is 0. The number of benzene rings is 8. The van der Waals surface area contributed by atoms with Gasteiger partial charge < -0.3 is 4.90 Å². The quantitative estimate of drug-likeness (QED) is 0.176. The molecule has 0 saturated heterocycles. The molecular weight excluding hydrogens is 567 g/mol. The van der Waals surface area contributed by atoms with Gasteiger partial charge in [0.2, 0.25) is 0 Å². The van der Waals surface area contributed by atoms with Crippen LogP contribution in [0.15, 0.2) is 200 Å². The molecule has 1 heteroatoms. The first-order valence-corrected chi connectivity index (χ1v) is 16.1. The van der Waals surface area contributed by atoms with Crippen molar-refractivity contribution in [1.29, 1.82) is 0 Å². The Kier molecular flexibility index (Phi) is 7.63. The molecule has 8 aromatic rings. The molecule has 0 bridgehead atoms. The van der Waals surface area contributed by atoms with Gasteiger partial charge in [0.25, 0.3) is 0 Å². The summed E-state index contributed by atoms with van der Waals surface area (Å²) in [6, 6.07) is 71.8. The summed E-state index contributed by atoms with van der Waals surface area (Å²) in [4.78, 5) is 2.33. The van der Waals surface area contributed by atoms with E-state index < -0.39 is 0 Å². The van der Waals surface area contributed by atoms with Gasteiger partial charge in [0, 0.05) is 17.1 Å². The summed E-state index contributed by atoms with van der Waals surface area (Å²) in [6.07, 6.45) is 0. The summed E-state index contributed by atoms with van der Waals surface area (Å²) < 4.78 is 0. The van der Waals surface area contributed by atoms with Gasteiger partial charge in [-0.25, -0.2) is 0 Å². The van der Waals surface area contributed by atoms with E-state index in [9.17, 15) is 0 Å². The fourth-order valence-electron chi connectivity index (χ4n) is 6.40. The number of hydrogen-bond acceptors (Lipinski definition) is 1. The molecule has 8 aromatic carbocycles. The van der Waals surface area contributed by atoms with Crippen LogP contribution in [0.3, 0.4) is 0 Å². The number of rotatable bonds is 7. The van der Waals surface area contributed by atoms with Crippen LogP contribution in [-0.2, 0) is 0 Å². The Labute approximate surface area is 276 Å². The molecule has 0 N–H and O–H groups in total. The highest BCUT2D eigenvalue weighted by molar-refractivity contribution is 5.91. The lowest BCUT2D eigenvalue weighted by Gasteiger charge is -2.26. The van der Waals surface area contributed by atoms with E-state index in [1.807, 2.05) is 0 Å². The molecule has 0 spiro atoms. The maximum Gasteiger partial charge on any atom is 0.0467 e. The van der Waals surface area contributed by atoms with Crippen LogP contribution in [0.4, 0.5) is 17.1 Å². The Morgan fingerprint density at radius 2 is 0.596 bits per heavy atom. The fraction of sp³-hybridized carbons (Fsp3) is 0.